The Kier molecular flexibility index (Phi) is 5.75. The van der Waals surface area contributed by atoms with Gasteiger partial charge in [-0.05, 0) is 0 Å². The number of aromatic nitrogens is 8. The molecular weight excluding hydrogens is 504 g/mol. The van der Waals surface area contributed by atoms with E-state index in [1.807, 2.05) is 60.7 Å². The summed E-state index contributed by atoms with van der Waals surface area (Å²) in [5.74, 6) is 0.952. The monoisotopic (exact) mass is 522 g/mol. The second kappa shape index (κ2) is 9.09. The molecule has 182 valence electrons. The third kappa shape index (κ3) is 3.85. The SMILES string of the molecule is O[C@H]([C@H](O)[C@@H](O)c1nn2c(-c3ccccc3)nnc2s1)[C@H](O)c1nn2c(-c3ccccc3)nnc2s1. The molecule has 0 unspecified atom stereocenters. The predicted molar refractivity (Wildman–Crippen MR) is 130 cm³/mol. The molecule has 4 heterocycles. The third-order valence-electron chi connectivity index (χ3n) is 5.58. The first-order chi connectivity index (χ1) is 17.5. The molecule has 0 saturated heterocycles. The van der Waals surface area contributed by atoms with E-state index in [1.54, 1.807) is 0 Å². The van der Waals surface area contributed by atoms with E-state index in [0.717, 1.165) is 33.8 Å². The zero-order valence-corrected chi connectivity index (χ0v) is 19.9. The molecular formula is C22H18N8O4S2. The minimum Gasteiger partial charge on any atom is -0.387 e. The summed E-state index contributed by atoms with van der Waals surface area (Å²) in [6.45, 7) is 0. The van der Waals surface area contributed by atoms with Gasteiger partial charge in [-0.3, -0.25) is 0 Å². The maximum atomic E-state index is 10.7. The molecule has 36 heavy (non-hydrogen) atoms. The largest absolute Gasteiger partial charge is 0.387 e. The molecule has 14 heteroatoms. The number of aliphatic hydroxyl groups is 4. The summed E-state index contributed by atoms with van der Waals surface area (Å²) in [7, 11) is 0. The maximum Gasteiger partial charge on any atom is 0.235 e. The van der Waals surface area contributed by atoms with E-state index in [2.05, 4.69) is 30.6 Å². The van der Waals surface area contributed by atoms with E-state index in [0.29, 0.717) is 21.6 Å². The van der Waals surface area contributed by atoms with Crippen molar-refractivity contribution in [3.05, 3.63) is 70.7 Å². The van der Waals surface area contributed by atoms with Gasteiger partial charge in [0.05, 0.1) is 0 Å². The predicted octanol–water partition coefficient (Wildman–Crippen LogP) is 1.51. The van der Waals surface area contributed by atoms with Crippen molar-refractivity contribution in [2.24, 2.45) is 0 Å². The van der Waals surface area contributed by atoms with Crippen molar-refractivity contribution in [1.29, 1.82) is 0 Å². The molecule has 0 radical (unpaired) electrons. The number of fused-ring (bicyclic) bond motifs is 2. The summed E-state index contributed by atoms with van der Waals surface area (Å²) < 4.78 is 2.92. The van der Waals surface area contributed by atoms with Crippen molar-refractivity contribution in [3.8, 4) is 22.8 Å². The minimum absolute atomic E-state index is 0.111. The first-order valence-electron chi connectivity index (χ1n) is 10.8. The number of benzene rings is 2. The van der Waals surface area contributed by atoms with E-state index in [9.17, 15) is 20.4 Å². The number of aliphatic hydroxyl groups excluding tert-OH is 4. The highest BCUT2D eigenvalue weighted by Crippen LogP contribution is 2.32. The molecule has 4 atom stereocenters. The van der Waals surface area contributed by atoms with Crippen molar-refractivity contribution in [2.75, 3.05) is 0 Å². The summed E-state index contributed by atoms with van der Waals surface area (Å²) in [6, 6.07) is 18.6. The topological polar surface area (TPSA) is 167 Å². The van der Waals surface area contributed by atoms with Crippen LogP contribution in [-0.4, -0.2) is 72.3 Å². The first-order valence-corrected chi connectivity index (χ1v) is 12.4. The van der Waals surface area contributed by atoms with Gasteiger partial charge in [0, 0.05) is 11.1 Å². The average Bonchev–Trinajstić information content (AvgIpc) is 3.68. The van der Waals surface area contributed by atoms with Crippen molar-refractivity contribution in [2.45, 2.75) is 24.4 Å². The molecule has 0 aliphatic carbocycles. The van der Waals surface area contributed by atoms with Crippen LogP contribution < -0.4 is 0 Å². The van der Waals surface area contributed by atoms with Crippen molar-refractivity contribution < 1.29 is 20.4 Å². The Morgan fingerprint density at radius 1 is 0.556 bits per heavy atom. The third-order valence-corrected chi connectivity index (χ3v) is 7.52. The van der Waals surface area contributed by atoms with Gasteiger partial charge in [-0.1, -0.05) is 83.3 Å². The fourth-order valence-electron chi connectivity index (χ4n) is 3.70. The van der Waals surface area contributed by atoms with Gasteiger partial charge < -0.3 is 20.4 Å². The Bertz CT molecular complexity index is 1510. The van der Waals surface area contributed by atoms with Gasteiger partial charge in [0.2, 0.25) is 9.92 Å². The van der Waals surface area contributed by atoms with Crippen LogP contribution in [0.5, 0.6) is 0 Å². The number of hydrogen-bond acceptors (Lipinski definition) is 12. The Hall–Kier alpha value is -3.66. The summed E-state index contributed by atoms with van der Waals surface area (Å²) in [5.41, 5.74) is 1.57. The average molecular weight is 523 g/mol. The van der Waals surface area contributed by atoms with Gasteiger partial charge in [-0.15, -0.1) is 20.4 Å². The minimum atomic E-state index is -1.76. The lowest BCUT2D eigenvalue weighted by Crippen LogP contribution is -2.37. The van der Waals surface area contributed by atoms with Crippen LogP contribution in [0.15, 0.2) is 60.7 Å². The molecule has 0 bridgehead atoms. The highest BCUT2D eigenvalue weighted by Gasteiger charge is 2.36. The van der Waals surface area contributed by atoms with E-state index in [4.69, 9.17) is 0 Å². The van der Waals surface area contributed by atoms with Gasteiger partial charge >= 0.3 is 0 Å². The van der Waals surface area contributed by atoms with Gasteiger partial charge in [-0.25, -0.2) is 0 Å². The summed E-state index contributed by atoms with van der Waals surface area (Å²) in [5, 5.41) is 68.1. The number of nitrogens with zero attached hydrogens (tertiary/aromatic N) is 8. The standard InChI is InChI=1S/C22H18N8O4S2/c31-13(15(33)19-27-29-17(23-25-21(29)35-19)11-7-3-1-4-8-11)14(32)16(34)20-28-30-18(24-26-22(30)36-20)12-9-5-2-6-10-12/h1-10,13-16,31-34H/t13-,14+,15+,16-. The van der Waals surface area contributed by atoms with Gasteiger partial charge in [0.15, 0.2) is 11.6 Å². The molecule has 0 aliphatic heterocycles. The van der Waals surface area contributed by atoms with E-state index in [-0.39, 0.29) is 10.0 Å². The Morgan fingerprint density at radius 3 is 1.33 bits per heavy atom. The molecule has 0 amide bonds. The number of rotatable bonds is 7. The molecule has 4 aromatic heterocycles. The second-order valence-electron chi connectivity index (χ2n) is 7.92. The zero-order chi connectivity index (χ0) is 24.8. The van der Waals surface area contributed by atoms with Gasteiger partial charge in [0.25, 0.3) is 0 Å². The lowest BCUT2D eigenvalue weighted by atomic mass is 10.0. The zero-order valence-electron chi connectivity index (χ0n) is 18.3. The van der Waals surface area contributed by atoms with Crippen molar-refractivity contribution >= 4 is 32.6 Å². The van der Waals surface area contributed by atoms with Gasteiger partial charge in [-0.2, -0.15) is 19.2 Å². The molecule has 0 spiro atoms. The molecule has 0 aliphatic rings. The van der Waals surface area contributed by atoms with Crippen LogP contribution in [0.3, 0.4) is 0 Å². The molecule has 6 aromatic rings. The Morgan fingerprint density at radius 2 is 0.944 bits per heavy atom. The van der Waals surface area contributed by atoms with Crippen LogP contribution in [0.1, 0.15) is 22.2 Å². The van der Waals surface area contributed by atoms with Crippen LogP contribution in [0.2, 0.25) is 0 Å². The molecule has 6 rings (SSSR count). The molecule has 0 saturated carbocycles. The maximum absolute atomic E-state index is 10.7. The summed E-state index contributed by atoms with van der Waals surface area (Å²) in [4.78, 5) is 0.819. The molecule has 12 nitrogen and oxygen atoms in total. The molecule has 4 N–H and O–H groups in total. The Balaban J connectivity index is 1.24. The molecule has 2 aromatic carbocycles. The van der Waals surface area contributed by atoms with Crippen LogP contribution in [0.25, 0.3) is 32.7 Å². The fraction of sp³-hybridized carbons (Fsp3) is 0.182. The lowest BCUT2D eigenvalue weighted by molar-refractivity contribution is -0.108. The molecule has 0 fully saturated rings. The van der Waals surface area contributed by atoms with Crippen LogP contribution in [0, 0.1) is 0 Å². The lowest BCUT2D eigenvalue weighted by Gasteiger charge is -2.24. The highest BCUT2D eigenvalue weighted by molar-refractivity contribution is 7.17. The fourth-order valence-corrected chi connectivity index (χ4v) is 5.43. The van der Waals surface area contributed by atoms with Crippen LogP contribution in [0.4, 0.5) is 0 Å². The van der Waals surface area contributed by atoms with E-state index >= 15 is 0 Å². The van der Waals surface area contributed by atoms with Crippen molar-refractivity contribution in [3.63, 3.8) is 0 Å². The second-order valence-corrected chi connectivity index (χ2v) is 9.89. The van der Waals surface area contributed by atoms with E-state index < -0.39 is 24.4 Å². The van der Waals surface area contributed by atoms with E-state index in [1.165, 1.54) is 9.03 Å². The first kappa shape index (κ1) is 22.8. The van der Waals surface area contributed by atoms with Crippen molar-refractivity contribution in [1.82, 2.24) is 39.6 Å². The van der Waals surface area contributed by atoms with Crippen LogP contribution in [-0.2, 0) is 0 Å². The Labute approximate surface area is 210 Å². The van der Waals surface area contributed by atoms with Gasteiger partial charge in [0.1, 0.15) is 34.4 Å². The van der Waals surface area contributed by atoms with Crippen LogP contribution >= 0.6 is 22.7 Å². The number of hydrogen-bond donors (Lipinski definition) is 4. The quantitative estimate of drug-likeness (QED) is 0.241. The summed E-state index contributed by atoms with van der Waals surface area (Å²) >= 11 is 2.04. The highest BCUT2D eigenvalue weighted by atomic mass is 32.1. The smallest absolute Gasteiger partial charge is 0.235 e. The summed E-state index contributed by atoms with van der Waals surface area (Å²) in [6.07, 6.45) is -6.69. The normalized spacial score (nSPS) is 15.3.